The molecule has 0 radical (unpaired) electrons. The van der Waals surface area contributed by atoms with E-state index in [-0.39, 0.29) is 17.3 Å². The minimum Gasteiger partial charge on any atom is -0.490 e. The normalized spacial score (nSPS) is 18.2. The molecule has 0 spiro atoms. The molecule has 112 valence electrons. The van der Waals surface area contributed by atoms with Crippen LogP contribution in [0.1, 0.15) is 32.3 Å². The Balaban J connectivity index is 2.07. The molecule has 1 unspecified atom stereocenters. The maximum atomic E-state index is 13.3. The van der Waals surface area contributed by atoms with Gasteiger partial charge in [-0.25, -0.2) is 4.39 Å². The molecule has 1 heterocycles. The Morgan fingerprint density at radius 2 is 2.05 bits per heavy atom. The molecule has 0 bridgehead atoms. The van der Waals surface area contributed by atoms with Gasteiger partial charge in [0.05, 0.1) is 0 Å². The van der Waals surface area contributed by atoms with Crippen LogP contribution in [0.25, 0.3) is 0 Å². The summed E-state index contributed by atoms with van der Waals surface area (Å²) in [5.74, 6) is 1.31. The minimum absolute atomic E-state index is 0.153. The third kappa shape index (κ3) is 3.76. The molecule has 1 aliphatic heterocycles. The van der Waals surface area contributed by atoms with E-state index in [0.717, 1.165) is 41.2 Å². The number of ether oxygens (including phenoxy) is 1. The van der Waals surface area contributed by atoms with Crippen molar-refractivity contribution in [2.45, 2.75) is 39.2 Å². The van der Waals surface area contributed by atoms with Gasteiger partial charge in [-0.15, -0.1) is 0 Å². The van der Waals surface area contributed by atoms with Crippen molar-refractivity contribution < 1.29 is 9.13 Å². The summed E-state index contributed by atoms with van der Waals surface area (Å²) in [6, 6.07) is 4.82. The van der Waals surface area contributed by atoms with Gasteiger partial charge in [0, 0.05) is 22.6 Å². The molecule has 0 aromatic heterocycles. The molecule has 0 N–H and O–H groups in total. The van der Waals surface area contributed by atoms with E-state index in [1.807, 2.05) is 0 Å². The first-order valence-electron chi connectivity index (χ1n) is 7.05. The molecule has 0 aliphatic carbocycles. The van der Waals surface area contributed by atoms with E-state index in [1.165, 1.54) is 6.07 Å². The van der Waals surface area contributed by atoms with Gasteiger partial charge in [-0.2, -0.15) is 0 Å². The van der Waals surface area contributed by atoms with Gasteiger partial charge < -0.3 is 4.74 Å². The summed E-state index contributed by atoms with van der Waals surface area (Å²) in [4.78, 5) is 0. The van der Waals surface area contributed by atoms with E-state index in [0.29, 0.717) is 5.92 Å². The summed E-state index contributed by atoms with van der Waals surface area (Å²) >= 11 is 7.34. The molecule has 20 heavy (non-hydrogen) atoms. The van der Waals surface area contributed by atoms with Crippen molar-refractivity contribution in [3.8, 4) is 5.75 Å². The van der Waals surface area contributed by atoms with Gasteiger partial charge in [0.1, 0.15) is 17.7 Å². The van der Waals surface area contributed by atoms with Crippen LogP contribution in [-0.4, -0.2) is 16.8 Å². The summed E-state index contributed by atoms with van der Waals surface area (Å²) in [6.45, 7) is 4.50. The molecule has 1 atom stereocenters. The number of halogens is 3. The molecule has 0 amide bonds. The average molecular weight is 408 g/mol. The van der Waals surface area contributed by atoms with Crippen LogP contribution in [0, 0.1) is 17.2 Å². The fraction of sp³-hybridized carbons (Fsp3) is 0.625. The second kappa shape index (κ2) is 6.78. The van der Waals surface area contributed by atoms with E-state index < -0.39 is 0 Å². The van der Waals surface area contributed by atoms with Gasteiger partial charge in [-0.1, -0.05) is 45.7 Å². The predicted octanol–water partition coefficient (Wildman–Crippen LogP) is 5.34. The fourth-order valence-electron chi connectivity index (χ4n) is 3.09. The quantitative estimate of drug-likeness (QED) is 0.578. The Morgan fingerprint density at radius 1 is 1.35 bits per heavy atom. The third-order valence-corrected chi connectivity index (χ3v) is 6.21. The van der Waals surface area contributed by atoms with Crippen molar-refractivity contribution in [1.82, 2.24) is 0 Å². The monoisotopic (exact) mass is 406 g/mol. The third-order valence-electron chi connectivity index (χ3n) is 3.83. The molecule has 2 rings (SSSR count). The van der Waals surface area contributed by atoms with Gasteiger partial charge in [-0.3, -0.25) is 0 Å². The standard InChI is InChI=1S/C16H21Br2FO/c1-11(2)7-16(9-17,10-18)8-14-6-12-5-13(19)3-4-15(12)20-14/h3-5,11,14H,6-10H2,1-2H3. The summed E-state index contributed by atoms with van der Waals surface area (Å²) < 4.78 is 19.3. The van der Waals surface area contributed by atoms with Crippen LogP contribution >= 0.6 is 31.9 Å². The number of alkyl halides is 2. The van der Waals surface area contributed by atoms with Crippen LogP contribution in [0.15, 0.2) is 18.2 Å². The highest BCUT2D eigenvalue weighted by Gasteiger charge is 2.35. The first-order chi connectivity index (χ1) is 9.48. The maximum absolute atomic E-state index is 13.3. The molecule has 1 aromatic rings. The second-order valence-corrected chi connectivity index (χ2v) is 7.39. The molecule has 0 saturated heterocycles. The number of benzene rings is 1. The maximum Gasteiger partial charge on any atom is 0.123 e. The predicted molar refractivity (Wildman–Crippen MR) is 88.6 cm³/mol. The Morgan fingerprint density at radius 3 is 2.65 bits per heavy atom. The van der Waals surface area contributed by atoms with Crippen molar-refractivity contribution in [3.05, 3.63) is 29.6 Å². The van der Waals surface area contributed by atoms with E-state index in [1.54, 1.807) is 12.1 Å². The zero-order valence-electron chi connectivity index (χ0n) is 12.0. The van der Waals surface area contributed by atoms with Crippen LogP contribution in [0.3, 0.4) is 0 Å². The number of hydrogen-bond acceptors (Lipinski definition) is 1. The van der Waals surface area contributed by atoms with Gasteiger partial charge in [-0.05, 0) is 42.4 Å². The molecule has 1 aromatic carbocycles. The molecule has 1 nitrogen and oxygen atoms in total. The summed E-state index contributed by atoms with van der Waals surface area (Å²) in [5.41, 5.74) is 1.19. The summed E-state index contributed by atoms with van der Waals surface area (Å²) in [5, 5.41) is 1.90. The van der Waals surface area contributed by atoms with Crippen molar-refractivity contribution in [1.29, 1.82) is 0 Å². The highest BCUT2D eigenvalue weighted by molar-refractivity contribution is 9.09. The molecule has 4 heteroatoms. The zero-order chi connectivity index (χ0) is 14.8. The van der Waals surface area contributed by atoms with Crippen LogP contribution in [0.4, 0.5) is 4.39 Å². The summed E-state index contributed by atoms with van der Waals surface area (Å²) in [6.07, 6.45) is 3.10. The van der Waals surface area contributed by atoms with Crippen molar-refractivity contribution in [2.24, 2.45) is 11.3 Å². The first-order valence-corrected chi connectivity index (χ1v) is 9.29. The van der Waals surface area contributed by atoms with Gasteiger partial charge >= 0.3 is 0 Å². The molecule has 1 aliphatic rings. The molecular weight excluding hydrogens is 387 g/mol. The van der Waals surface area contributed by atoms with Gasteiger partial charge in [0.2, 0.25) is 0 Å². The lowest BCUT2D eigenvalue weighted by Gasteiger charge is -2.34. The van der Waals surface area contributed by atoms with Gasteiger partial charge in [0.15, 0.2) is 0 Å². The van der Waals surface area contributed by atoms with Crippen molar-refractivity contribution in [2.75, 3.05) is 10.7 Å². The van der Waals surface area contributed by atoms with Crippen molar-refractivity contribution >= 4 is 31.9 Å². The van der Waals surface area contributed by atoms with Crippen molar-refractivity contribution in [3.63, 3.8) is 0 Å². The van der Waals surface area contributed by atoms with Crippen LogP contribution < -0.4 is 4.74 Å². The number of fused-ring (bicyclic) bond motifs is 1. The van der Waals surface area contributed by atoms with Crippen LogP contribution in [0.5, 0.6) is 5.75 Å². The minimum atomic E-state index is -0.178. The van der Waals surface area contributed by atoms with E-state index >= 15 is 0 Å². The van der Waals surface area contributed by atoms with Crippen LogP contribution in [0.2, 0.25) is 0 Å². The summed E-state index contributed by atoms with van der Waals surface area (Å²) in [7, 11) is 0. The fourth-order valence-corrected chi connectivity index (χ4v) is 4.93. The smallest absolute Gasteiger partial charge is 0.123 e. The lowest BCUT2D eigenvalue weighted by atomic mass is 9.78. The largest absolute Gasteiger partial charge is 0.490 e. The lowest BCUT2D eigenvalue weighted by molar-refractivity contribution is 0.148. The molecule has 0 saturated carbocycles. The Hall–Kier alpha value is -0.0900. The lowest BCUT2D eigenvalue weighted by Crippen LogP contribution is -2.33. The molecular formula is C16H21Br2FO. The zero-order valence-corrected chi connectivity index (χ0v) is 15.1. The number of hydrogen-bond donors (Lipinski definition) is 0. The average Bonchev–Trinajstić information content (AvgIpc) is 2.78. The van der Waals surface area contributed by atoms with Crippen LogP contribution in [-0.2, 0) is 6.42 Å². The SMILES string of the molecule is CC(C)CC(CBr)(CBr)CC1Cc2cc(F)ccc2O1. The second-order valence-electron chi connectivity index (χ2n) is 6.27. The van der Waals surface area contributed by atoms with E-state index in [9.17, 15) is 4.39 Å². The Labute approximate surface area is 137 Å². The van der Waals surface area contributed by atoms with E-state index in [2.05, 4.69) is 45.7 Å². The molecule has 0 fully saturated rings. The number of rotatable bonds is 6. The topological polar surface area (TPSA) is 9.23 Å². The first kappa shape index (κ1) is 16.3. The highest BCUT2D eigenvalue weighted by atomic mass is 79.9. The highest BCUT2D eigenvalue weighted by Crippen LogP contribution is 2.40. The Bertz CT molecular complexity index is 458. The van der Waals surface area contributed by atoms with Gasteiger partial charge in [0.25, 0.3) is 0 Å². The van der Waals surface area contributed by atoms with E-state index in [4.69, 9.17) is 4.74 Å². The Kier molecular flexibility index (Phi) is 5.52.